The molecule has 0 aromatic heterocycles. The lowest BCUT2D eigenvalue weighted by molar-refractivity contribution is 0.0561. The number of rotatable bonds is 7. The van der Waals surface area contributed by atoms with Gasteiger partial charge in [0.15, 0.2) is 5.72 Å². The minimum absolute atomic E-state index is 0.230. The molecule has 0 amide bonds. The summed E-state index contributed by atoms with van der Waals surface area (Å²) in [5, 5.41) is 13.5. The molecule has 1 atom stereocenters. The van der Waals surface area contributed by atoms with E-state index in [9.17, 15) is 5.11 Å². The van der Waals surface area contributed by atoms with Gasteiger partial charge in [0, 0.05) is 12.7 Å². The smallest absolute Gasteiger partial charge is 0.177 e. The Morgan fingerprint density at radius 2 is 2.12 bits per heavy atom. The number of phenolic OH excluding ortho intramolecular Hbond substituents is 1. The van der Waals surface area contributed by atoms with E-state index in [1.807, 2.05) is 49.6 Å². The van der Waals surface area contributed by atoms with Gasteiger partial charge in [0.05, 0.1) is 7.11 Å². The van der Waals surface area contributed by atoms with Crippen molar-refractivity contribution in [1.82, 2.24) is 5.32 Å². The van der Waals surface area contributed by atoms with Gasteiger partial charge < -0.3 is 19.9 Å². The number of benzene rings is 1. The van der Waals surface area contributed by atoms with Crippen LogP contribution in [0.5, 0.6) is 11.5 Å². The fourth-order valence-electron chi connectivity index (χ4n) is 2.52. The van der Waals surface area contributed by atoms with Crippen LogP contribution in [0.2, 0.25) is 0 Å². The second kappa shape index (κ2) is 7.88. The SMILES string of the molecule is C=C(C)CCc1c(O)cc(/C=C/C2(OC)C=CC=CN2)cc1OC. The molecule has 128 valence electrons. The number of ether oxygens (including phenoxy) is 2. The van der Waals surface area contributed by atoms with Crippen molar-refractivity contribution in [2.75, 3.05) is 14.2 Å². The first-order chi connectivity index (χ1) is 11.5. The van der Waals surface area contributed by atoms with E-state index in [0.717, 1.165) is 23.1 Å². The quantitative estimate of drug-likeness (QED) is 0.745. The number of hydrogen-bond acceptors (Lipinski definition) is 4. The van der Waals surface area contributed by atoms with Crippen LogP contribution in [0.15, 0.2) is 54.8 Å². The Morgan fingerprint density at radius 3 is 2.71 bits per heavy atom. The molecular weight excluding hydrogens is 302 g/mol. The third kappa shape index (κ3) is 4.30. The maximum atomic E-state index is 10.4. The highest BCUT2D eigenvalue weighted by Crippen LogP contribution is 2.32. The highest BCUT2D eigenvalue weighted by molar-refractivity contribution is 5.60. The number of dihydropyridines is 1. The second-order valence-corrected chi connectivity index (χ2v) is 5.87. The number of nitrogens with one attached hydrogen (secondary N) is 1. The zero-order valence-electron chi connectivity index (χ0n) is 14.5. The van der Waals surface area contributed by atoms with E-state index in [0.29, 0.717) is 12.2 Å². The summed E-state index contributed by atoms with van der Waals surface area (Å²) in [5.74, 6) is 0.906. The number of aromatic hydroxyl groups is 1. The summed E-state index contributed by atoms with van der Waals surface area (Å²) in [6.45, 7) is 5.88. The van der Waals surface area contributed by atoms with Crippen LogP contribution >= 0.6 is 0 Å². The molecular formula is C20H25NO3. The third-order valence-electron chi connectivity index (χ3n) is 3.95. The number of phenols is 1. The molecule has 1 aliphatic heterocycles. The summed E-state index contributed by atoms with van der Waals surface area (Å²) in [7, 11) is 3.25. The predicted molar refractivity (Wildman–Crippen MR) is 98.0 cm³/mol. The molecule has 2 N–H and O–H groups in total. The summed E-state index contributed by atoms with van der Waals surface area (Å²) in [4.78, 5) is 0. The van der Waals surface area contributed by atoms with Crippen molar-refractivity contribution in [1.29, 1.82) is 0 Å². The first kappa shape index (κ1) is 17.9. The Bertz CT molecular complexity index is 688. The molecule has 4 nitrogen and oxygen atoms in total. The van der Waals surface area contributed by atoms with Crippen LogP contribution in [0.25, 0.3) is 6.08 Å². The van der Waals surface area contributed by atoms with Crippen LogP contribution < -0.4 is 10.1 Å². The minimum atomic E-state index is -0.684. The molecule has 0 saturated carbocycles. The van der Waals surface area contributed by atoms with Crippen molar-refractivity contribution >= 4 is 6.08 Å². The largest absolute Gasteiger partial charge is 0.508 e. The van der Waals surface area contributed by atoms with Crippen LogP contribution in [0, 0.1) is 0 Å². The Labute approximate surface area is 143 Å². The van der Waals surface area contributed by atoms with Crippen LogP contribution in [-0.4, -0.2) is 25.1 Å². The van der Waals surface area contributed by atoms with Gasteiger partial charge in [-0.1, -0.05) is 17.7 Å². The predicted octanol–water partition coefficient (Wildman–Crippen LogP) is 3.94. The highest BCUT2D eigenvalue weighted by atomic mass is 16.5. The number of allylic oxidation sites excluding steroid dienone is 3. The molecule has 4 heteroatoms. The number of hydrogen-bond donors (Lipinski definition) is 2. The van der Waals surface area contributed by atoms with Gasteiger partial charge in [-0.2, -0.15) is 0 Å². The normalized spacial score (nSPS) is 19.5. The fraction of sp³-hybridized carbons (Fsp3) is 0.300. The van der Waals surface area contributed by atoms with Crippen molar-refractivity contribution < 1.29 is 14.6 Å². The van der Waals surface area contributed by atoms with Crippen LogP contribution in [0.4, 0.5) is 0 Å². The van der Waals surface area contributed by atoms with E-state index < -0.39 is 5.72 Å². The zero-order valence-corrected chi connectivity index (χ0v) is 14.5. The van der Waals surface area contributed by atoms with Gasteiger partial charge in [-0.3, -0.25) is 0 Å². The van der Waals surface area contributed by atoms with E-state index >= 15 is 0 Å². The van der Waals surface area contributed by atoms with Crippen LogP contribution in [-0.2, 0) is 11.2 Å². The van der Waals surface area contributed by atoms with Crippen molar-refractivity contribution in [3.63, 3.8) is 0 Å². The molecule has 1 aromatic rings. The first-order valence-electron chi connectivity index (χ1n) is 7.90. The maximum Gasteiger partial charge on any atom is 0.177 e. The summed E-state index contributed by atoms with van der Waals surface area (Å²) < 4.78 is 11.0. The molecule has 0 spiro atoms. The van der Waals surface area contributed by atoms with Gasteiger partial charge in [0.1, 0.15) is 11.5 Å². The molecule has 0 fully saturated rings. The van der Waals surface area contributed by atoms with Gasteiger partial charge >= 0.3 is 0 Å². The molecule has 0 radical (unpaired) electrons. The fourth-order valence-corrected chi connectivity index (χ4v) is 2.52. The highest BCUT2D eigenvalue weighted by Gasteiger charge is 2.22. The first-order valence-corrected chi connectivity index (χ1v) is 7.90. The molecule has 0 bridgehead atoms. The molecule has 2 rings (SSSR count). The Balaban J connectivity index is 2.26. The Kier molecular flexibility index (Phi) is 5.88. The third-order valence-corrected chi connectivity index (χ3v) is 3.95. The number of methoxy groups -OCH3 is 2. The zero-order chi connectivity index (χ0) is 17.6. The minimum Gasteiger partial charge on any atom is -0.508 e. The monoisotopic (exact) mass is 327 g/mol. The van der Waals surface area contributed by atoms with Crippen molar-refractivity contribution in [2.45, 2.75) is 25.5 Å². The lowest BCUT2D eigenvalue weighted by atomic mass is 10.0. The van der Waals surface area contributed by atoms with Gasteiger partial charge in [0.2, 0.25) is 0 Å². The Hall–Kier alpha value is -2.46. The van der Waals surface area contributed by atoms with Gasteiger partial charge in [-0.15, -0.1) is 6.58 Å². The average molecular weight is 327 g/mol. The van der Waals surface area contributed by atoms with E-state index in [1.54, 1.807) is 20.3 Å². The van der Waals surface area contributed by atoms with E-state index in [1.165, 1.54) is 0 Å². The molecule has 0 saturated heterocycles. The summed E-state index contributed by atoms with van der Waals surface area (Å²) in [5.41, 5.74) is 2.03. The van der Waals surface area contributed by atoms with Crippen molar-refractivity contribution in [3.05, 3.63) is 65.9 Å². The van der Waals surface area contributed by atoms with Crippen LogP contribution in [0.3, 0.4) is 0 Å². The second-order valence-electron chi connectivity index (χ2n) is 5.87. The molecule has 0 aliphatic carbocycles. The van der Waals surface area contributed by atoms with E-state index in [4.69, 9.17) is 9.47 Å². The van der Waals surface area contributed by atoms with E-state index in [2.05, 4.69) is 11.9 Å². The topological polar surface area (TPSA) is 50.7 Å². The lowest BCUT2D eigenvalue weighted by Gasteiger charge is -2.28. The van der Waals surface area contributed by atoms with Gasteiger partial charge in [-0.05, 0) is 61.9 Å². The van der Waals surface area contributed by atoms with Gasteiger partial charge in [0.25, 0.3) is 0 Å². The van der Waals surface area contributed by atoms with E-state index in [-0.39, 0.29) is 5.75 Å². The van der Waals surface area contributed by atoms with Crippen molar-refractivity contribution in [3.8, 4) is 11.5 Å². The maximum absolute atomic E-state index is 10.4. The lowest BCUT2D eigenvalue weighted by Crippen LogP contribution is -2.41. The molecule has 1 aliphatic rings. The van der Waals surface area contributed by atoms with Gasteiger partial charge in [-0.25, -0.2) is 0 Å². The summed E-state index contributed by atoms with van der Waals surface area (Å²) >= 11 is 0. The molecule has 24 heavy (non-hydrogen) atoms. The molecule has 1 unspecified atom stereocenters. The van der Waals surface area contributed by atoms with Crippen LogP contribution in [0.1, 0.15) is 24.5 Å². The average Bonchev–Trinajstić information content (AvgIpc) is 2.59. The summed E-state index contributed by atoms with van der Waals surface area (Å²) in [6.07, 6.45) is 12.9. The molecule has 1 heterocycles. The summed E-state index contributed by atoms with van der Waals surface area (Å²) in [6, 6.07) is 3.65. The molecule has 1 aromatic carbocycles. The standard InChI is InChI=1S/C20H25NO3/c1-15(2)7-8-17-18(22)13-16(14-19(17)23-3)9-11-20(24-4)10-5-6-12-21-20/h5-6,9-14,21-22H,1,7-8H2,2-4H3/b11-9+. The van der Waals surface area contributed by atoms with Crippen molar-refractivity contribution in [2.24, 2.45) is 0 Å². The Morgan fingerprint density at radius 1 is 1.33 bits per heavy atom.